The lowest BCUT2D eigenvalue weighted by atomic mass is 10.0. The zero-order valence-corrected chi connectivity index (χ0v) is 18.5. The van der Waals surface area contributed by atoms with Gasteiger partial charge in [0, 0.05) is 40.3 Å². The molecule has 1 N–H and O–H groups in total. The molecule has 0 spiro atoms. The maximum absolute atomic E-state index is 12.5. The van der Waals surface area contributed by atoms with E-state index in [1.54, 1.807) is 31.6 Å². The Morgan fingerprint density at radius 2 is 1.93 bits per heavy atom. The van der Waals surface area contributed by atoms with Gasteiger partial charge < -0.3 is 10.2 Å². The Balaban J connectivity index is 1.48. The van der Waals surface area contributed by atoms with Crippen molar-refractivity contribution in [3.8, 4) is 0 Å². The molecule has 3 rings (SSSR count). The van der Waals surface area contributed by atoms with E-state index in [1.165, 1.54) is 26.8 Å². The van der Waals surface area contributed by atoms with E-state index in [1.807, 2.05) is 6.07 Å². The van der Waals surface area contributed by atoms with Gasteiger partial charge in [-0.15, -0.1) is 11.3 Å². The molecule has 0 saturated carbocycles. The van der Waals surface area contributed by atoms with Gasteiger partial charge in [-0.1, -0.05) is 48.0 Å². The number of thiophene rings is 1. The Labute approximate surface area is 177 Å². The van der Waals surface area contributed by atoms with Crippen molar-refractivity contribution in [2.75, 3.05) is 40.3 Å². The average molecular weight is 433 g/mol. The van der Waals surface area contributed by atoms with Crippen molar-refractivity contribution in [1.82, 2.24) is 14.5 Å². The molecule has 0 bridgehead atoms. The lowest BCUT2D eigenvalue weighted by Gasteiger charge is -2.31. The van der Waals surface area contributed by atoms with Gasteiger partial charge in [0.1, 0.15) is 4.21 Å². The number of benzene rings is 1. The highest BCUT2D eigenvalue weighted by molar-refractivity contribution is 7.91. The number of sulfonamides is 1. The Hall–Kier alpha value is -2.16. The molecule has 0 radical (unpaired) electrons. The molecule has 1 aromatic carbocycles. The Bertz CT molecular complexity index is 928. The molecule has 0 unspecified atom stereocenters. The highest BCUT2D eigenvalue weighted by Crippen LogP contribution is 2.20. The second-order valence-electron chi connectivity index (χ2n) is 6.93. The minimum absolute atomic E-state index is 0.373. The minimum atomic E-state index is -3.41. The molecule has 1 fully saturated rings. The third-order valence-electron chi connectivity index (χ3n) is 4.96. The van der Waals surface area contributed by atoms with Gasteiger partial charge in [-0.2, -0.15) is 4.31 Å². The third kappa shape index (κ3) is 5.68. The topological polar surface area (TPSA) is 65.0 Å². The van der Waals surface area contributed by atoms with Gasteiger partial charge >= 0.3 is 0 Å². The van der Waals surface area contributed by atoms with E-state index in [-0.39, 0.29) is 0 Å². The molecular weight excluding hydrogens is 404 g/mol. The van der Waals surface area contributed by atoms with Crippen molar-refractivity contribution in [3.05, 3.63) is 59.0 Å². The molecule has 1 saturated heterocycles. The van der Waals surface area contributed by atoms with E-state index in [2.05, 4.69) is 45.6 Å². The van der Waals surface area contributed by atoms with Gasteiger partial charge in [-0.25, -0.2) is 8.42 Å². The van der Waals surface area contributed by atoms with Crippen molar-refractivity contribution in [2.45, 2.75) is 17.1 Å². The number of hydrogen-bond donors (Lipinski definition) is 1. The minimum Gasteiger partial charge on any atom is -0.355 e. The third-order valence-corrected chi connectivity index (χ3v) is 8.19. The number of aliphatic imine (C=N–C) groups is 1. The molecule has 2 aromatic rings. The first-order valence-corrected chi connectivity index (χ1v) is 12.0. The fourth-order valence-corrected chi connectivity index (χ4v) is 5.65. The van der Waals surface area contributed by atoms with Gasteiger partial charge in [-0.05, 0) is 29.9 Å². The number of piperidine rings is 1. The maximum Gasteiger partial charge on any atom is 0.252 e. The van der Waals surface area contributed by atoms with Crippen LogP contribution in [0.3, 0.4) is 0 Å². The molecule has 0 atom stereocenters. The van der Waals surface area contributed by atoms with E-state index in [0.717, 1.165) is 31.9 Å². The van der Waals surface area contributed by atoms with Gasteiger partial charge in [0.15, 0.2) is 5.96 Å². The van der Waals surface area contributed by atoms with E-state index in [9.17, 15) is 8.42 Å². The summed E-state index contributed by atoms with van der Waals surface area (Å²) in [6.45, 7) is 2.70. The van der Waals surface area contributed by atoms with Gasteiger partial charge in [0.25, 0.3) is 10.0 Å². The van der Waals surface area contributed by atoms with Crippen LogP contribution in [0.4, 0.5) is 0 Å². The van der Waals surface area contributed by atoms with E-state index < -0.39 is 10.0 Å². The van der Waals surface area contributed by atoms with E-state index in [0.29, 0.717) is 17.3 Å². The second kappa shape index (κ2) is 10.0. The van der Waals surface area contributed by atoms with Crippen molar-refractivity contribution >= 4 is 33.4 Å². The summed E-state index contributed by atoms with van der Waals surface area (Å²) in [4.78, 5) is 6.61. The number of nitrogens with zero attached hydrogens (tertiary/aromatic N) is 3. The van der Waals surface area contributed by atoms with Crippen molar-refractivity contribution < 1.29 is 8.42 Å². The summed E-state index contributed by atoms with van der Waals surface area (Å²) < 4.78 is 26.7. The molecule has 8 heteroatoms. The first-order valence-electron chi connectivity index (χ1n) is 9.70. The number of hydrogen-bond acceptors (Lipinski definition) is 4. The van der Waals surface area contributed by atoms with Crippen LogP contribution in [-0.4, -0.2) is 63.9 Å². The van der Waals surface area contributed by atoms with Gasteiger partial charge in [0.2, 0.25) is 0 Å². The molecule has 2 heterocycles. The van der Waals surface area contributed by atoms with Crippen LogP contribution in [0, 0.1) is 0 Å². The van der Waals surface area contributed by atoms with Crippen molar-refractivity contribution in [1.29, 1.82) is 0 Å². The molecule has 156 valence electrons. The van der Waals surface area contributed by atoms with Gasteiger partial charge in [-0.3, -0.25) is 4.99 Å². The van der Waals surface area contributed by atoms with Crippen LogP contribution in [0.15, 0.2) is 62.6 Å². The van der Waals surface area contributed by atoms with Crippen LogP contribution in [0.2, 0.25) is 0 Å². The smallest absolute Gasteiger partial charge is 0.252 e. The SMILES string of the molecule is CN=C(NCCN(C)S(=O)(=O)c1cccs1)N1CCC(=Cc2ccccc2)CC1. The molecule has 1 aliphatic rings. The molecule has 6 nitrogen and oxygen atoms in total. The summed E-state index contributed by atoms with van der Waals surface area (Å²) >= 11 is 1.24. The van der Waals surface area contributed by atoms with Crippen LogP contribution < -0.4 is 5.32 Å². The summed E-state index contributed by atoms with van der Waals surface area (Å²) in [6.07, 6.45) is 4.28. The number of likely N-dealkylation sites (tertiary alicyclic amines) is 1. The first kappa shape index (κ1) is 21.5. The number of nitrogens with one attached hydrogen (secondary N) is 1. The van der Waals surface area contributed by atoms with Crippen molar-refractivity contribution in [2.24, 2.45) is 4.99 Å². The summed E-state index contributed by atoms with van der Waals surface area (Å²) in [5, 5.41) is 5.08. The Morgan fingerprint density at radius 3 is 2.55 bits per heavy atom. The normalized spacial score (nSPS) is 15.6. The van der Waals surface area contributed by atoms with Gasteiger partial charge in [0.05, 0.1) is 0 Å². The fraction of sp³-hybridized carbons (Fsp3) is 0.381. The van der Waals surface area contributed by atoms with Crippen LogP contribution in [0.25, 0.3) is 6.08 Å². The monoisotopic (exact) mass is 432 g/mol. The zero-order valence-electron chi connectivity index (χ0n) is 16.9. The summed E-state index contributed by atoms with van der Waals surface area (Å²) in [6, 6.07) is 13.8. The highest BCUT2D eigenvalue weighted by atomic mass is 32.2. The lowest BCUT2D eigenvalue weighted by Crippen LogP contribution is -2.46. The molecule has 1 aromatic heterocycles. The average Bonchev–Trinajstić information content (AvgIpc) is 3.28. The largest absolute Gasteiger partial charge is 0.355 e. The number of rotatable bonds is 6. The predicted octanol–water partition coefficient (Wildman–Crippen LogP) is 3.12. The fourth-order valence-electron chi connectivity index (χ4n) is 3.28. The summed E-state index contributed by atoms with van der Waals surface area (Å²) in [5.74, 6) is 0.825. The molecule has 0 aliphatic carbocycles. The van der Waals surface area contributed by atoms with Crippen LogP contribution in [0.5, 0.6) is 0 Å². The number of likely N-dealkylation sites (N-methyl/N-ethyl adjacent to an activating group) is 1. The summed E-state index contributed by atoms with van der Waals surface area (Å²) in [5.41, 5.74) is 2.69. The standard InChI is InChI=1S/C21H28N4O2S2/c1-22-21(23-12-15-24(2)29(26,27)20-9-6-16-28-20)25-13-10-19(11-14-25)17-18-7-4-3-5-8-18/h3-9,16-17H,10-15H2,1-2H3,(H,22,23). The predicted molar refractivity (Wildman–Crippen MR) is 121 cm³/mol. The molecule has 1 aliphatic heterocycles. The second-order valence-corrected chi connectivity index (χ2v) is 10.2. The van der Waals surface area contributed by atoms with E-state index in [4.69, 9.17) is 0 Å². The van der Waals surface area contributed by atoms with Crippen LogP contribution in [0.1, 0.15) is 18.4 Å². The molecular formula is C21H28N4O2S2. The number of guanidine groups is 1. The van der Waals surface area contributed by atoms with Crippen LogP contribution >= 0.6 is 11.3 Å². The molecule has 0 amide bonds. The summed E-state index contributed by atoms with van der Waals surface area (Å²) in [7, 11) is -0.0315. The lowest BCUT2D eigenvalue weighted by molar-refractivity contribution is 0.373. The maximum atomic E-state index is 12.5. The Morgan fingerprint density at radius 1 is 1.21 bits per heavy atom. The Kier molecular flexibility index (Phi) is 7.46. The van der Waals surface area contributed by atoms with Crippen molar-refractivity contribution in [3.63, 3.8) is 0 Å². The zero-order chi connectivity index (χ0) is 20.7. The first-order chi connectivity index (χ1) is 14.0. The van der Waals surface area contributed by atoms with E-state index >= 15 is 0 Å². The van der Waals surface area contributed by atoms with Crippen LogP contribution in [-0.2, 0) is 10.0 Å². The quantitative estimate of drug-likeness (QED) is 0.563. The highest BCUT2D eigenvalue weighted by Gasteiger charge is 2.22. The molecule has 29 heavy (non-hydrogen) atoms.